The number of benzene rings is 1. The van der Waals surface area contributed by atoms with Crippen LogP contribution in [0.3, 0.4) is 0 Å². The highest BCUT2D eigenvalue weighted by Gasteiger charge is 2.18. The van der Waals surface area contributed by atoms with Gasteiger partial charge in [0.1, 0.15) is 0 Å². The molecule has 0 amide bonds. The predicted molar refractivity (Wildman–Crippen MR) is 70.2 cm³/mol. The second-order valence-corrected chi connectivity index (χ2v) is 6.10. The first kappa shape index (κ1) is 14.4. The molecule has 0 bridgehead atoms. The molecule has 0 atom stereocenters. The molecule has 0 unspecified atom stereocenters. The average molecular weight is 299 g/mol. The van der Waals surface area contributed by atoms with Crippen molar-refractivity contribution in [2.24, 2.45) is 0 Å². The number of anilines is 2. The van der Waals surface area contributed by atoms with Crippen molar-refractivity contribution < 1.29 is 13.5 Å². The van der Waals surface area contributed by atoms with Crippen LogP contribution in [0.2, 0.25) is 10.0 Å². The lowest BCUT2D eigenvalue weighted by Gasteiger charge is -2.22. The average Bonchev–Trinajstić information content (AvgIpc) is 2.20. The molecule has 8 heteroatoms. The van der Waals surface area contributed by atoms with Crippen LogP contribution in [-0.4, -0.2) is 32.9 Å². The third-order valence-electron chi connectivity index (χ3n) is 2.06. The van der Waals surface area contributed by atoms with Crippen LogP contribution in [0.5, 0.6) is 0 Å². The molecule has 0 saturated heterocycles. The first-order chi connectivity index (χ1) is 7.77. The lowest BCUT2D eigenvalue weighted by Crippen LogP contribution is -2.32. The highest BCUT2D eigenvalue weighted by Crippen LogP contribution is 2.33. The van der Waals surface area contributed by atoms with Gasteiger partial charge in [-0.25, -0.2) is 8.42 Å². The maximum atomic E-state index is 11.5. The van der Waals surface area contributed by atoms with Crippen LogP contribution < -0.4 is 10.0 Å². The minimum atomic E-state index is -3.51. The summed E-state index contributed by atoms with van der Waals surface area (Å²) in [5, 5.41) is 9.19. The van der Waals surface area contributed by atoms with Crippen molar-refractivity contribution in [3.05, 3.63) is 22.2 Å². The Bertz CT molecular complexity index is 496. The van der Waals surface area contributed by atoms with E-state index in [2.05, 4.69) is 0 Å². The summed E-state index contributed by atoms with van der Waals surface area (Å²) >= 11 is 11.6. The van der Waals surface area contributed by atoms with Gasteiger partial charge >= 0.3 is 0 Å². The number of halogens is 2. The van der Waals surface area contributed by atoms with E-state index >= 15 is 0 Å². The number of aliphatic hydroxyl groups excluding tert-OH is 1. The number of rotatable bonds is 4. The van der Waals surface area contributed by atoms with E-state index < -0.39 is 10.0 Å². The molecule has 0 radical (unpaired) electrons. The van der Waals surface area contributed by atoms with Gasteiger partial charge in [-0.3, -0.25) is 4.31 Å². The molecule has 0 heterocycles. The van der Waals surface area contributed by atoms with Gasteiger partial charge in [0, 0.05) is 0 Å². The monoisotopic (exact) mass is 298 g/mol. The van der Waals surface area contributed by atoms with Crippen molar-refractivity contribution >= 4 is 44.6 Å². The summed E-state index contributed by atoms with van der Waals surface area (Å²) in [5.74, 6) is 0. The van der Waals surface area contributed by atoms with Crippen LogP contribution in [0, 0.1) is 0 Å². The first-order valence-electron chi connectivity index (χ1n) is 4.60. The molecular formula is C9H12Cl2N2O3S. The van der Waals surface area contributed by atoms with Gasteiger partial charge in [-0.1, -0.05) is 23.2 Å². The summed E-state index contributed by atoms with van der Waals surface area (Å²) in [6, 6.07) is 2.78. The topological polar surface area (TPSA) is 83.6 Å². The fourth-order valence-electron chi connectivity index (χ4n) is 1.29. The van der Waals surface area contributed by atoms with Crippen molar-refractivity contribution in [3.8, 4) is 0 Å². The maximum Gasteiger partial charge on any atom is 0.232 e. The van der Waals surface area contributed by atoms with Gasteiger partial charge in [0.05, 0.1) is 40.8 Å². The Morgan fingerprint density at radius 1 is 1.35 bits per heavy atom. The third kappa shape index (κ3) is 3.38. The van der Waals surface area contributed by atoms with Crippen LogP contribution in [0.4, 0.5) is 11.4 Å². The minimum absolute atomic E-state index is 0.0740. The van der Waals surface area contributed by atoms with Gasteiger partial charge < -0.3 is 10.8 Å². The molecule has 0 aliphatic heterocycles. The largest absolute Gasteiger partial charge is 0.396 e. The van der Waals surface area contributed by atoms with Gasteiger partial charge in [0.15, 0.2) is 0 Å². The van der Waals surface area contributed by atoms with E-state index in [1.807, 2.05) is 0 Å². The second kappa shape index (κ2) is 5.30. The minimum Gasteiger partial charge on any atom is -0.396 e. The first-order valence-corrected chi connectivity index (χ1v) is 7.21. The van der Waals surface area contributed by atoms with Gasteiger partial charge in [0.2, 0.25) is 10.0 Å². The lowest BCUT2D eigenvalue weighted by atomic mass is 10.3. The smallest absolute Gasteiger partial charge is 0.232 e. The number of sulfonamides is 1. The summed E-state index contributed by atoms with van der Waals surface area (Å²) in [6.45, 7) is -0.387. The van der Waals surface area contributed by atoms with E-state index in [1.54, 1.807) is 0 Å². The van der Waals surface area contributed by atoms with Crippen molar-refractivity contribution in [1.82, 2.24) is 0 Å². The number of aliphatic hydroxyl groups is 1. The maximum absolute atomic E-state index is 11.5. The Morgan fingerprint density at radius 3 is 2.18 bits per heavy atom. The fraction of sp³-hybridized carbons (Fsp3) is 0.333. The molecule has 0 aromatic heterocycles. The van der Waals surface area contributed by atoms with E-state index in [0.717, 1.165) is 10.6 Å². The van der Waals surface area contributed by atoms with Crippen molar-refractivity contribution in [2.45, 2.75) is 0 Å². The zero-order valence-corrected chi connectivity index (χ0v) is 11.3. The van der Waals surface area contributed by atoms with Gasteiger partial charge in [0.25, 0.3) is 0 Å². The summed E-state index contributed by atoms with van der Waals surface area (Å²) in [7, 11) is -3.51. The Hall–Kier alpha value is -0.690. The molecular weight excluding hydrogens is 287 g/mol. The summed E-state index contributed by atoms with van der Waals surface area (Å²) in [4.78, 5) is 0. The third-order valence-corrected chi connectivity index (χ3v) is 3.87. The second-order valence-electron chi connectivity index (χ2n) is 3.38. The van der Waals surface area contributed by atoms with Crippen LogP contribution in [0.1, 0.15) is 0 Å². The summed E-state index contributed by atoms with van der Waals surface area (Å²) < 4.78 is 24.1. The zero-order chi connectivity index (χ0) is 13.2. The van der Waals surface area contributed by atoms with Gasteiger partial charge in [-0.05, 0) is 12.1 Å². The molecule has 96 valence electrons. The number of nitrogens with zero attached hydrogens (tertiary/aromatic N) is 1. The molecule has 1 aromatic rings. The SMILES string of the molecule is CS(=O)(=O)N(CCO)c1cc(Cl)c(N)c(Cl)c1. The zero-order valence-electron chi connectivity index (χ0n) is 9.02. The van der Waals surface area contributed by atoms with E-state index in [-0.39, 0.29) is 34.6 Å². The molecule has 5 nitrogen and oxygen atoms in total. The van der Waals surface area contributed by atoms with Crippen molar-refractivity contribution in [2.75, 3.05) is 29.4 Å². The molecule has 1 aromatic carbocycles. The Morgan fingerprint density at radius 2 is 1.82 bits per heavy atom. The molecule has 0 aliphatic rings. The van der Waals surface area contributed by atoms with Crippen LogP contribution >= 0.6 is 23.2 Å². The van der Waals surface area contributed by atoms with Crippen molar-refractivity contribution in [3.63, 3.8) is 0 Å². The Labute approximate surface area is 110 Å². The molecule has 0 spiro atoms. The highest BCUT2D eigenvalue weighted by molar-refractivity contribution is 7.92. The predicted octanol–water partition coefficient (Wildman–Crippen LogP) is 1.33. The lowest BCUT2D eigenvalue weighted by molar-refractivity contribution is 0.307. The standard InChI is InChI=1S/C9H12Cl2N2O3S/c1-17(15,16)13(2-3-14)6-4-7(10)9(12)8(11)5-6/h4-5,14H,2-3,12H2,1H3. The number of hydrogen-bond donors (Lipinski definition) is 2. The Balaban J connectivity index is 3.30. The van der Waals surface area contributed by atoms with Crippen LogP contribution in [0.25, 0.3) is 0 Å². The van der Waals surface area contributed by atoms with Crippen LogP contribution in [0.15, 0.2) is 12.1 Å². The molecule has 0 aliphatic carbocycles. The van der Waals surface area contributed by atoms with E-state index in [4.69, 9.17) is 34.0 Å². The fourth-order valence-corrected chi connectivity index (χ4v) is 2.67. The molecule has 17 heavy (non-hydrogen) atoms. The van der Waals surface area contributed by atoms with Gasteiger partial charge in [-0.2, -0.15) is 0 Å². The van der Waals surface area contributed by atoms with E-state index in [9.17, 15) is 8.42 Å². The Kier molecular flexibility index (Phi) is 4.48. The van der Waals surface area contributed by atoms with Crippen molar-refractivity contribution in [1.29, 1.82) is 0 Å². The summed E-state index contributed by atoms with van der Waals surface area (Å²) in [6.07, 6.45) is 1.03. The summed E-state index contributed by atoms with van der Waals surface area (Å²) in [5.41, 5.74) is 6.01. The van der Waals surface area contributed by atoms with E-state index in [0.29, 0.717) is 0 Å². The van der Waals surface area contributed by atoms with Crippen LogP contribution in [-0.2, 0) is 10.0 Å². The highest BCUT2D eigenvalue weighted by atomic mass is 35.5. The number of nitrogens with two attached hydrogens (primary N) is 1. The normalized spacial score (nSPS) is 11.5. The van der Waals surface area contributed by atoms with Gasteiger partial charge in [-0.15, -0.1) is 0 Å². The molecule has 1 rings (SSSR count). The molecule has 0 fully saturated rings. The number of nitrogen functional groups attached to an aromatic ring is 1. The molecule has 3 N–H and O–H groups in total. The van der Waals surface area contributed by atoms with E-state index in [1.165, 1.54) is 12.1 Å². The quantitative estimate of drug-likeness (QED) is 0.822. The number of hydrogen-bond acceptors (Lipinski definition) is 4. The molecule has 0 saturated carbocycles.